The number of nitrogens with zero attached hydrogens (tertiary/aromatic N) is 2. The number of aliphatic hydroxyl groups is 1. The van der Waals surface area contributed by atoms with Gasteiger partial charge in [-0.3, -0.25) is 4.90 Å². The molecular formula is C15H22N2O2. The van der Waals surface area contributed by atoms with Crippen molar-refractivity contribution in [2.75, 3.05) is 44.3 Å². The minimum Gasteiger partial charge on any atom is -0.392 e. The maximum atomic E-state index is 9.63. The normalized spacial score (nSPS) is 24.9. The number of aliphatic hydroxyl groups excluding tert-OH is 1. The second-order valence-corrected chi connectivity index (χ2v) is 5.41. The van der Waals surface area contributed by atoms with E-state index in [1.54, 1.807) is 0 Å². The van der Waals surface area contributed by atoms with Crippen LogP contribution in [0.4, 0.5) is 5.69 Å². The minimum absolute atomic E-state index is 0.143. The number of hydrogen-bond donors (Lipinski definition) is 1. The van der Waals surface area contributed by atoms with Gasteiger partial charge in [0.2, 0.25) is 0 Å². The number of benzene rings is 1. The predicted molar refractivity (Wildman–Crippen MR) is 75.4 cm³/mol. The summed E-state index contributed by atoms with van der Waals surface area (Å²) in [6, 6.07) is 8.61. The molecule has 4 nitrogen and oxygen atoms in total. The summed E-state index contributed by atoms with van der Waals surface area (Å²) in [7, 11) is 0. The topological polar surface area (TPSA) is 35.9 Å². The van der Waals surface area contributed by atoms with Crippen LogP contribution in [0.25, 0.3) is 0 Å². The Morgan fingerprint density at radius 2 is 1.95 bits per heavy atom. The summed E-state index contributed by atoms with van der Waals surface area (Å²) >= 11 is 0. The number of ether oxygens (including phenoxy) is 1. The first-order valence-electron chi connectivity index (χ1n) is 7.14. The number of β-amino-alcohol motifs (C(OH)–C–C–N with tert-alkyl or cyclic N) is 1. The van der Waals surface area contributed by atoms with Crippen molar-refractivity contribution >= 4 is 5.69 Å². The van der Waals surface area contributed by atoms with Crippen LogP contribution in [0, 0.1) is 0 Å². The molecule has 0 amide bonds. The summed E-state index contributed by atoms with van der Waals surface area (Å²) in [5, 5.41) is 9.63. The summed E-state index contributed by atoms with van der Waals surface area (Å²) < 4.78 is 5.42. The van der Waals surface area contributed by atoms with E-state index in [-0.39, 0.29) is 6.10 Å². The lowest BCUT2D eigenvalue weighted by molar-refractivity contribution is 0.122. The largest absolute Gasteiger partial charge is 0.392 e. The fourth-order valence-corrected chi connectivity index (χ4v) is 2.95. The van der Waals surface area contributed by atoms with E-state index in [0.717, 1.165) is 52.4 Å². The molecule has 19 heavy (non-hydrogen) atoms. The van der Waals surface area contributed by atoms with E-state index in [9.17, 15) is 5.11 Å². The highest BCUT2D eigenvalue weighted by Gasteiger charge is 2.22. The number of para-hydroxylation sites is 1. The highest BCUT2D eigenvalue weighted by atomic mass is 16.5. The van der Waals surface area contributed by atoms with Crippen molar-refractivity contribution in [3.05, 3.63) is 29.8 Å². The Balaban J connectivity index is 1.73. The van der Waals surface area contributed by atoms with Crippen molar-refractivity contribution in [1.29, 1.82) is 0 Å². The SMILES string of the molecule is O[C@@H]1CCN(Cc2ccccc2N2CCOCC2)C1. The Kier molecular flexibility index (Phi) is 4.01. The van der Waals surface area contributed by atoms with Crippen molar-refractivity contribution in [3.8, 4) is 0 Å². The number of likely N-dealkylation sites (tertiary alicyclic amines) is 1. The summed E-state index contributed by atoms with van der Waals surface area (Å²) in [4.78, 5) is 4.75. The molecule has 1 aromatic rings. The van der Waals surface area contributed by atoms with E-state index in [1.165, 1.54) is 11.3 Å². The lowest BCUT2D eigenvalue weighted by Crippen LogP contribution is -2.37. The zero-order chi connectivity index (χ0) is 13.1. The first-order chi connectivity index (χ1) is 9.33. The van der Waals surface area contributed by atoms with Crippen molar-refractivity contribution in [2.45, 2.75) is 19.1 Å². The Morgan fingerprint density at radius 3 is 2.68 bits per heavy atom. The lowest BCUT2D eigenvalue weighted by atomic mass is 10.1. The minimum atomic E-state index is -0.143. The lowest BCUT2D eigenvalue weighted by Gasteiger charge is -2.31. The molecule has 4 heteroatoms. The Morgan fingerprint density at radius 1 is 1.16 bits per heavy atom. The van der Waals surface area contributed by atoms with E-state index in [4.69, 9.17) is 4.74 Å². The van der Waals surface area contributed by atoms with Gasteiger partial charge in [0.1, 0.15) is 0 Å². The van der Waals surface area contributed by atoms with Crippen LogP contribution >= 0.6 is 0 Å². The van der Waals surface area contributed by atoms with Gasteiger partial charge in [-0.15, -0.1) is 0 Å². The molecule has 0 aromatic heterocycles. The molecule has 1 aromatic carbocycles. The monoisotopic (exact) mass is 262 g/mol. The quantitative estimate of drug-likeness (QED) is 0.884. The first-order valence-corrected chi connectivity index (χ1v) is 7.14. The molecule has 2 aliphatic rings. The highest BCUT2D eigenvalue weighted by Crippen LogP contribution is 2.24. The van der Waals surface area contributed by atoms with Crippen LogP contribution in [-0.4, -0.2) is 55.5 Å². The number of hydrogen-bond acceptors (Lipinski definition) is 4. The van der Waals surface area contributed by atoms with Crippen molar-refractivity contribution in [1.82, 2.24) is 4.90 Å². The van der Waals surface area contributed by atoms with Gasteiger partial charge in [0.05, 0.1) is 19.3 Å². The molecule has 0 saturated carbocycles. The van der Waals surface area contributed by atoms with Gasteiger partial charge in [-0.25, -0.2) is 0 Å². The summed E-state index contributed by atoms with van der Waals surface area (Å²) in [6.07, 6.45) is 0.759. The molecule has 2 saturated heterocycles. The van der Waals surface area contributed by atoms with E-state index in [0.29, 0.717) is 0 Å². The first kappa shape index (κ1) is 12.9. The number of anilines is 1. The van der Waals surface area contributed by atoms with E-state index >= 15 is 0 Å². The number of rotatable bonds is 3. The van der Waals surface area contributed by atoms with Gasteiger partial charge in [-0.1, -0.05) is 18.2 Å². The smallest absolute Gasteiger partial charge is 0.0679 e. The third-order valence-electron chi connectivity index (χ3n) is 3.98. The average Bonchev–Trinajstić information content (AvgIpc) is 2.86. The van der Waals surface area contributed by atoms with E-state index in [2.05, 4.69) is 34.1 Å². The van der Waals surface area contributed by atoms with Crippen LogP contribution < -0.4 is 4.90 Å². The average molecular weight is 262 g/mol. The molecule has 0 radical (unpaired) electrons. The maximum absolute atomic E-state index is 9.63. The summed E-state index contributed by atoms with van der Waals surface area (Å²) in [5.74, 6) is 0. The fourth-order valence-electron chi connectivity index (χ4n) is 2.95. The fraction of sp³-hybridized carbons (Fsp3) is 0.600. The molecule has 1 N–H and O–H groups in total. The number of morpholine rings is 1. The van der Waals surface area contributed by atoms with E-state index < -0.39 is 0 Å². The molecule has 0 unspecified atom stereocenters. The van der Waals surface area contributed by atoms with Gasteiger partial charge in [0.15, 0.2) is 0 Å². The van der Waals surface area contributed by atoms with E-state index in [1.807, 2.05) is 0 Å². The van der Waals surface area contributed by atoms with Gasteiger partial charge in [0.25, 0.3) is 0 Å². The van der Waals surface area contributed by atoms with Crippen LogP contribution in [0.2, 0.25) is 0 Å². The van der Waals surface area contributed by atoms with Crippen molar-refractivity contribution in [3.63, 3.8) is 0 Å². The molecule has 0 bridgehead atoms. The van der Waals surface area contributed by atoms with Crippen LogP contribution in [0.5, 0.6) is 0 Å². The second-order valence-electron chi connectivity index (χ2n) is 5.41. The van der Waals surface area contributed by atoms with Gasteiger partial charge >= 0.3 is 0 Å². The van der Waals surface area contributed by atoms with Crippen molar-refractivity contribution in [2.24, 2.45) is 0 Å². The zero-order valence-electron chi connectivity index (χ0n) is 11.3. The summed E-state index contributed by atoms with van der Waals surface area (Å²) in [6.45, 7) is 6.31. The molecule has 104 valence electrons. The predicted octanol–water partition coefficient (Wildman–Crippen LogP) is 1.09. The van der Waals surface area contributed by atoms with Crippen LogP contribution in [0.1, 0.15) is 12.0 Å². The van der Waals surface area contributed by atoms with Gasteiger partial charge < -0.3 is 14.7 Å². The highest BCUT2D eigenvalue weighted by molar-refractivity contribution is 5.53. The van der Waals surface area contributed by atoms with Gasteiger partial charge in [0, 0.05) is 38.4 Å². The third-order valence-corrected chi connectivity index (χ3v) is 3.98. The molecule has 3 rings (SSSR count). The Hall–Kier alpha value is -1.10. The molecule has 2 fully saturated rings. The summed E-state index contributed by atoms with van der Waals surface area (Å²) in [5.41, 5.74) is 2.69. The molecular weight excluding hydrogens is 240 g/mol. The molecule has 0 aliphatic carbocycles. The maximum Gasteiger partial charge on any atom is 0.0679 e. The third kappa shape index (κ3) is 3.08. The van der Waals surface area contributed by atoms with Gasteiger partial charge in [-0.2, -0.15) is 0 Å². The zero-order valence-corrected chi connectivity index (χ0v) is 11.3. The standard InChI is InChI=1S/C15H22N2O2/c18-14-5-6-16(12-14)11-13-3-1-2-4-15(13)17-7-9-19-10-8-17/h1-4,14,18H,5-12H2/t14-/m1/s1. The molecule has 2 heterocycles. The van der Waals surface area contributed by atoms with Crippen LogP contribution in [0.3, 0.4) is 0 Å². The Bertz CT molecular complexity index is 418. The van der Waals surface area contributed by atoms with Crippen LogP contribution in [-0.2, 0) is 11.3 Å². The van der Waals surface area contributed by atoms with Crippen LogP contribution in [0.15, 0.2) is 24.3 Å². The molecule has 0 spiro atoms. The van der Waals surface area contributed by atoms with Crippen molar-refractivity contribution < 1.29 is 9.84 Å². The van der Waals surface area contributed by atoms with Gasteiger partial charge in [-0.05, 0) is 18.1 Å². The Labute approximate surface area is 114 Å². The molecule has 2 aliphatic heterocycles. The molecule has 1 atom stereocenters. The second kappa shape index (κ2) is 5.90.